The van der Waals surface area contributed by atoms with Gasteiger partial charge in [-0.3, -0.25) is 4.79 Å². The van der Waals surface area contributed by atoms with E-state index in [2.05, 4.69) is 0 Å². The number of ether oxygens (including phenoxy) is 1. The lowest BCUT2D eigenvalue weighted by atomic mass is 9.66. The van der Waals surface area contributed by atoms with Crippen molar-refractivity contribution in [2.24, 2.45) is 17.8 Å². The first-order chi connectivity index (χ1) is 8.94. The molecule has 2 aliphatic rings. The molecule has 0 aliphatic heterocycles. The highest BCUT2D eigenvalue weighted by molar-refractivity contribution is 5.73. The third kappa shape index (κ3) is 3.31. The van der Waals surface area contributed by atoms with E-state index in [4.69, 9.17) is 4.74 Å². The minimum Gasteiger partial charge on any atom is -0.459 e. The van der Waals surface area contributed by atoms with Gasteiger partial charge in [-0.05, 0) is 51.4 Å². The number of aliphatic hydroxyl groups excluding tert-OH is 1. The highest BCUT2D eigenvalue weighted by Gasteiger charge is 2.43. The van der Waals surface area contributed by atoms with Gasteiger partial charge in [0.05, 0.1) is 12.0 Å². The number of hydrogen-bond donors (Lipinski definition) is 1. The first-order valence-corrected chi connectivity index (χ1v) is 7.85. The Morgan fingerprint density at radius 1 is 1.21 bits per heavy atom. The third-order valence-electron chi connectivity index (χ3n) is 5.20. The predicted molar refractivity (Wildman–Crippen MR) is 74.6 cm³/mol. The van der Waals surface area contributed by atoms with Gasteiger partial charge in [-0.25, -0.2) is 0 Å². The molecule has 4 atom stereocenters. The van der Waals surface area contributed by atoms with E-state index in [1.165, 1.54) is 19.3 Å². The van der Waals surface area contributed by atoms with Gasteiger partial charge in [-0.2, -0.15) is 0 Å². The van der Waals surface area contributed by atoms with Crippen LogP contribution in [-0.2, 0) is 9.53 Å². The molecule has 1 N–H and O–H groups in total. The molecule has 4 unspecified atom stereocenters. The molecule has 19 heavy (non-hydrogen) atoms. The van der Waals surface area contributed by atoms with E-state index in [-0.39, 0.29) is 11.9 Å². The van der Waals surface area contributed by atoms with E-state index in [1.54, 1.807) is 0 Å². The molecular weight excluding hydrogens is 240 g/mol. The molecule has 3 heteroatoms. The molecule has 2 saturated carbocycles. The third-order valence-corrected chi connectivity index (χ3v) is 5.20. The van der Waals surface area contributed by atoms with E-state index in [0.717, 1.165) is 25.7 Å². The van der Waals surface area contributed by atoms with Crippen LogP contribution in [0.4, 0.5) is 0 Å². The van der Waals surface area contributed by atoms with E-state index in [1.807, 2.05) is 20.8 Å². The number of fused-ring (bicyclic) bond motifs is 1. The van der Waals surface area contributed by atoms with E-state index in [0.29, 0.717) is 11.8 Å². The second-order valence-electron chi connectivity index (χ2n) is 6.92. The number of aliphatic hydroxyl groups is 1. The van der Waals surface area contributed by atoms with Crippen molar-refractivity contribution in [3.05, 3.63) is 0 Å². The summed E-state index contributed by atoms with van der Waals surface area (Å²) in [6, 6.07) is 0. The monoisotopic (exact) mass is 268 g/mol. The second kappa shape index (κ2) is 5.82. The minimum atomic E-state index is -0.487. The maximum absolute atomic E-state index is 12.3. The smallest absolute Gasteiger partial charge is 0.312 e. The Kier molecular flexibility index (Phi) is 4.54. The molecule has 3 nitrogen and oxygen atoms in total. The molecule has 0 aromatic heterocycles. The molecule has 0 spiro atoms. The number of carbonyl (C=O) groups is 1. The Bertz CT molecular complexity index is 324. The van der Waals surface area contributed by atoms with E-state index in [9.17, 15) is 9.90 Å². The Balaban J connectivity index is 1.99. The van der Waals surface area contributed by atoms with Crippen LogP contribution in [0, 0.1) is 17.8 Å². The van der Waals surface area contributed by atoms with Crippen molar-refractivity contribution < 1.29 is 14.6 Å². The lowest BCUT2D eigenvalue weighted by molar-refractivity contribution is -0.171. The van der Waals surface area contributed by atoms with E-state index < -0.39 is 11.7 Å². The average Bonchev–Trinajstić information content (AvgIpc) is 2.39. The summed E-state index contributed by atoms with van der Waals surface area (Å²) in [6.07, 6.45) is 6.96. The molecule has 0 saturated heterocycles. The first-order valence-electron chi connectivity index (χ1n) is 7.85. The number of hydrogen-bond acceptors (Lipinski definition) is 3. The summed E-state index contributed by atoms with van der Waals surface area (Å²) < 4.78 is 5.58. The summed E-state index contributed by atoms with van der Waals surface area (Å²) in [5, 5.41) is 10.5. The van der Waals surface area contributed by atoms with Gasteiger partial charge in [0.15, 0.2) is 0 Å². The summed E-state index contributed by atoms with van der Waals surface area (Å²) in [7, 11) is 0. The Hall–Kier alpha value is -0.570. The lowest BCUT2D eigenvalue weighted by Crippen LogP contribution is -2.45. The van der Waals surface area contributed by atoms with Crippen LogP contribution in [0.3, 0.4) is 0 Å². The van der Waals surface area contributed by atoms with Crippen LogP contribution < -0.4 is 0 Å². The number of rotatable bonds is 3. The number of esters is 1. The van der Waals surface area contributed by atoms with Crippen molar-refractivity contribution in [2.75, 3.05) is 0 Å². The van der Waals surface area contributed by atoms with Gasteiger partial charge in [-0.15, -0.1) is 0 Å². The van der Waals surface area contributed by atoms with Crippen LogP contribution in [-0.4, -0.2) is 22.8 Å². The van der Waals surface area contributed by atoms with Crippen LogP contribution in [0.1, 0.15) is 65.7 Å². The van der Waals surface area contributed by atoms with Crippen molar-refractivity contribution >= 4 is 5.97 Å². The normalized spacial score (nSPS) is 35.6. The Morgan fingerprint density at radius 2 is 1.89 bits per heavy atom. The molecule has 2 aliphatic carbocycles. The van der Waals surface area contributed by atoms with Crippen LogP contribution in [0.5, 0.6) is 0 Å². The maximum Gasteiger partial charge on any atom is 0.312 e. The Morgan fingerprint density at radius 3 is 2.58 bits per heavy atom. The van der Waals surface area contributed by atoms with Gasteiger partial charge in [0.25, 0.3) is 0 Å². The highest BCUT2D eigenvalue weighted by atomic mass is 16.6. The molecule has 110 valence electrons. The van der Waals surface area contributed by atoms with Gasteiger partial charge >= 0.3 is 5.97 Å². The lowest BCUT2D eigenvalue weighted by Gasteiger charge is -2.42. The zero-order valence-corrected chi connectivity index (χ0v) is 12.5. The minimum absolute atomic E-state index is 0.191. The maximum atomic E-state index is 12.3. The first kappa shape index (κ1) is 14.8. The molecule has 0 heterocycles. The van der Waals surface area contributed by atoms with Gasteiger partial charge in [0.1, 0.15) is 5.60 Å². The van der Waals surface area contributed by atoms with Crippen molar-refractivity contribution in [3.63, 3.8) is 0 Å². The topological polar surface area (TPSA) is 46.5 Å². The average molecular weight is 268 g/mol. The van der Waals surface area contributed by atoms with Gasteiger partial charge in [0.2, 0.25) is 0 Å². The predicted octanol–water partition coefficient (Wildman–Crippen LogP) is 3.30. The number of carbonyl (C=O) groups excluding carboxylic acids is 1. The zero-order chi connectivity index (χ0) is 14.0. The van der Waals surface area contributed by atoms with Crippen molar-refractivity contribution in [2.45, 2.75) is 77.4 Å². The molecule has 0 radical (unpaired) electrons. The van der Waals surface area contributed by atoms with Crippen molar-refractivity contribution in [3.8, 4) is 0 Å². The summed E-state index contributed by atoms with van der Waals surface area (Å²) in [5.41, 5.74) is -0.416. The summed E-state index contributed by atoms with van der Waals surface area (Å²) in [4.78, 5) is 12.3. The van der Waals surface area contributed by atoms with Crippen molar-refractivity contribution in [1.82, 2.24) is 0 Å². The Labute approximate surface area is 116 Å². The highest BCUT2D eigenvalue weighted by Crippen LogP contribution is 2.43. The van der Waals surface area contributed by atoms with Gasteiger partial charge in [-0.1, -0.05) is 26.2 Å². The fourth-order valence-corrected chi connectivity index (χ4v) is 3.58. The largest absolute Gasteiger partial charge is 0.459 e. The van der Waals surface area contributed by atoms with E-state index >= 15 is 0 Å². The standard InChI is InChI=1S/C16H28O3/c1-4-16(2,3)19-15(18)13-10-9-11-7-5-6-8-12(11)14(13)17/h11-14,17H,4-10H2,1-3H3. The van der Waals surface area contributed by atoms with Crippen LogP contribution in [0.15, 0.2) is 0 Å². The molecule has 2 rings (SSSR count). The summed E-state index contributed by atoms with van der Waals surface area (Å²) >= 11 is 0. The fourth-order valence-electron chi connectivity index (χ4n) is 3.58. The van der Waals surface area contributed by atoms with Crippen LogP contribution in [0.2, 0.25) is 0 Å². The molecule has 0 bridgehead atoms. The molecule has 0 amide bonds. The molecular formula is C16H28O3. The van der Waals surface area contributed by atoms with Crippen LogP contribution in [0.25, 0.3) is 0 Å². The van der Waals surface area contributed by atoms with Crippen LogP contribution >= 0.6 is 0 Å². The molecule has 0 aromatic rings. The van der Waals surface area contributed by atoms with Gasteiger partial charge < -0.3 is 9.84 Å². The second-order valence-corrected chi connectivity index (χ2v) is 6.92. The SMILES string of the molecule is CCC(C)(C)OC(=O)C1CCC2CCCCC2C1O. The molecule has 0 aromatic carbocycles. The summed E-state index contributed by atoms with van der Waals surface area (Å²) in [5.74, 6) is 0.463. The summed E-state index contributed by atoms with van der Waals surface area (Å²) in [6.45, 7) is 5.88. The molecule has 2 fully saturated rings. The van der Waals surface area contributed by atoms with Gasteiger partial charge in [0, 0.05) is 0 Å². The zero-order valence-electron chi connectivity index (χ0n) is 12.5. The quantitative estimate of drug-likeness (QED) is 0.799. The fraction of sp³-hybridized carbons (Fsp3) is 0.938. The van der Waals surface area contributed by atoms with Crippen molar-refractivity contribution in [1.29, 1.82) is 0 Å².